The van der Waals surface area contributed by atoms with Gasteiger partial charge in [-0.3, -0.25) is 0 Å². The van der Waals surface area contributed by atoms with Crippen molar-refractivity contribution in [2.45, 2.75) is 39.2 Å². The minimum atomic E-state index is 0.628. The summed E-state index contributed by atoms with van der Waals surface area (Å²) in [6, 6.07) is 4.99. The van der Waals surface area contributed by atoms with Gasteiger partial charge in [-0.05, 0) is 50.8 Å². The van der Waals surface area contributed by atoms with Gasteiger partial charge in [-0.25, -0.2) is 0 Å². The zero-order valence-corrected chi connectivity index (χ0v) is 10.2. The van der Waals surface area contributed by atoms with E-state index in [9.17, 15) is 0 Å². The van der Waals surface area contributed by atoms with Crippen LogP contribution in [0.4, 0.5) is 0 Å². The Labute approximate surface area is 96.8 Å². The van der Waals surface area contributed by atoms with Crippen molar-refractivity contribution in [3.63, 3.8) is 0 Å². The molecular formula is C13H18ClN. The van der Waals surface area contributed by atoms with Gasteiger partial charge >= 0.3 is 0 Å². The molecule has 1 aromatic carbocycles. The second-order valence-electron chi connectivity index (χ2n) is 4.55. The zero-order valence-electron chi connectivity index (χ0n) is 9.44. The Morgan fingerprint density at radius 2 is 2.20 bits per heavy atom. The number of nitrogens with one attached hydrogen (secondary N) is 1. The molecule has 2 rings (SSSR count). The average Bonchev–Trinajstić information content (AvgIpc) is 2.66. The van der Waals surface area contributed by atoms with Crippen LogP contribution in [0.5, 0.6) is 0 Å². The molecule has 1 fully saturated rings. The average molecular weight is 224 g/mol. The van der Waals surface area contributed by atoms with Crippen molar-refractivity contribution in [2.75, 3.05) is 6.54 Å². The van der Waals surface area contributed by atoms with Crippen LogP contribution in [0.1, 0.15) is 29.5 Å². The van der Waals surface area contributed by atoms with Gasteiger partial charge in [-0.15, -0.1) is 0 Å². The second kappa shape index (κ2) is 4.54. The number of hydrogen-bond donors (Lipinski definition) is 1. The topological polar surface area (TPSA) is 12.0 Å². The molecule has 0 aliphatic carbocycles. The van der Waals surface area contributed by atoms with Crippen LogP contribution in [-0.2, 0) is 6.42 Å². The molecule has 1 nitrogen and oxygen atoms in total. The highest BCUT2D eigenvalue weighted by molar-refractivity contribution is 6.32. The van der Waals surface area contributed by atoms with Gasteiger partial charge in [0.1, 0.15) is 0 Å². The molecule has 2 heteroatoms. The fraction of sp³-hybridized carbons (Fsp3) is 0.538. The summed E-state index contributed by atoms with van der Waals surface area (Å²) in [6.07, 6.45) is 3.65. The maximum Gasteiger partial charge on any atom is 0.0467 e. The van der Waals surface area contributed by atoms with Gasteiger partial charge in [0.25, 0.3) is 0 Å². The summed E-state index contributed by atoms with van der Waals surface area (Å²) in [5, 5.41) is 4.47. The summed E-state index contributed by atoms with van der Waals surface area (Å²) >= 11 is 6.32. The molecule has 1 aromatic rings. The molecule has 82 valence electrons. The molecule has 0 amide bonds. The predicted octanol–water partition coefficient (Wildman–Crippen LogP) is 3.25. The standard InChI is InChI=1S/C13H18ClN/c1-9-6-10(2)13(14)11(7-9)8-12-4-3-5-15-12/h6-7,12,15H,3-5,8H2,1-2H3. The van der Waals surface area contributed by atoms with Crippen LogP contribution in [0.15, 0.2) is 12.1 Å². The van der Waals surface area contributed by atoms with Crippen LogP contribution in [0.2, 0.25) is 5.02 Å². The Bertz CT molecular complexity index is 354. The third kappa shape index (κ3) is 2.53. The number of hydrogen-bond acceptors (Lipinski definition) is 1. The Kier molecular flexibility index (Phi) is 3.32. The maximum atomic E-state index is 6.32. The highest BCUT2D eigenvalue weighted by Crippen LogP contribution is 2.25. The van der Waals surface area contributed by atoms with Gasteiger partial charge < -0.3 is 5.32 Å². The fourth-order valence-electron chi connectivity index (χ4n) is 2.38. The summed E-state index contributed by atoms with van der Waals surface area (Å²) in [6.45, 7) is 5.38. The summed E-state index contributed by atoms with van der Waals surface area (Å²) in [5.41, 5.74) is 3.81. The molecule has 0 aromatic heterocycles. The van der Waals surface area contributed by atoms with E-state index in [-0.39, 0.29) is 0 Å². The molecule has 0 radical (unpaired) electrons. The zero-order chi connectivity index (χ0) is 10.8. The van der Waals surface area contributed by atoms with Crippen LogP contribution in [0, 0.1) is 13.8 Å². The molecule has 1 atom stereocenters. The molecule has 0 saturated carbocycles. The van der Waals surface area contributed by atoms with E-state index < -0.39 is 0 Å². The second-order valence-corrected chi connectivity index (χ2v) is 4.93. The number of rotatable bonds is 2. The third-order valence-corrected chi connectivity index (χ3v) is 3.64. The van der Waals surface area contributed by atoms with Gasteiger partial charge in [0.2, 0.25) is 0 Å². The van der Waals surface area contributed by atoms with Crippen molar-refractivity contribution < 1.29 is 0 Å². The van der Waals surface area contributed by atoms with Crippen LogP contribution in [0.3, 0.4) is 0 Å². The fourth-order valence-corrected chi connectivity index (χ4v) is 2.57. The normalized spacial score (nSPS) is 20.9. The van der Waals surface area contributed by atoms with E-state index >= 15 is 0 Å². The molecular weight excluding hydrogens is 206 g/mol. The summed E-state index contributed by atoms with van der Waals surface area (Å²) in [5.74, 6) is 0. The Balaban J connectivity index is 2.19. The van der Waals surface area contributed by atoms with E-state index in [1.807, 2.05) is 0 Å². The first kappa shape index (κ1) is 11.0. The van der Waals surface area contributed by atoms with Crippen LogP contribution in [-0.4, -0.2) is 12.6 Å². The van der Waals surface area contributed by atoms with Gasteiger partial charge in [0, 0.05) is 11.1 Å². The van der Waals surface area contributed by atoms with Crippen molar-refractivity contribution in [1.29, 1.82) is 0 Å². The molecule has 0 spiro atoms. The molecule has 1 saturated heterocycles. The van der Waals surface area contributed by atoms with E-state index in [0.717, 1.165) is 18.0 Å². The molecule has 1 aliphatic rings. The van der Waals surface area contributed by atoms with Gasteiger partial charge in [0.15, 0.2) is 0 Å². The predicted molar refractivity (Wildman–Crippen MR) is 65.7 cm³/mol. The van der Waals surface area contributed by atoms with Crippen molar-refractivity contribution in [1.82, 2.24) is 5.32 Å². The van der Waals surface area contributed by atoms with Crippen molar-refractivity contribution in [3.8, 4) is 0 Å². The summed E-state index contributed by atoms with van der Waals surface area (Å²) < 4.78 is 0. The van der Waals surface area contributed by atoms with Crippen molar-refractivity contribution in [2.24, 2.45) is 0 Å². The van der Waals surface area contributed by atoms with E-state index in [1.165, 1.54) is 29.5 Å². The molecule has 1 N–H and O–H groups in total. The lowest BCUT2D eigenvalue weighted by atomic mass is 10.0. The molecule has 1 heterocycles. The number of benzene rings is 1. The highest BCUT2D eigenvalue weighted by Gasteiger charge is 2.16. The first-order valence-corrected chi connectivity index (χ1v) is 6.03. The van der Waals surface area contributed by atoms with Crippen LogP contribution in [0.25, 0.3) is 0 Å². The Hall–Kier alpha value is -0.530. The van der Waals surface area contributed by atoms with Gasteiger partial charge in [-0.2, -0.15) is 0 Å². The third-order valence-electron chi connectivity index (χ3n) is 3.10. The van der Waals surface area contributed by atoms with Gasteiger partial charge in [0.05, 0.1) is 0 Å². The first-order valence-electron chi connectivity index (χ1n) is 5.66. The summed E-state index contributed by atoms with van der Waals surface area (Å²) in [4.78, 5) is 0. The monoisotopic (exact) mass is 223 g/mol. The van der Waals surface area contributed by atoms with E-state index in [4.69, 9.17) is 11.6 Å². The van der Waals surface area contributed by atoms with E-state index in [2.05, 4.69) is 31.3 Å². The minimum Gasteiger partial charge on any atom is -0.314 e. The van der Waals surface area contributed by atoms with Crippen molar-refractivity contribution >= 4 is 11.6 Å². The van der Waals surface area contributed by atoms with Gasteiger partial charge in [-0.1, -0.05) is 29.3 Å². The maximum absolute atomic E-state index is 6.32. The number of halogens is 1. The SMILES string of the molecule is Cc1cc(C)c(Cl)c(CC2CCCN2)c1. The molecule has 0 bridgehead atoms. The lowest BCUT2D eigenvalue weighted by Crippen LogP contribution is -2.23. The quantitative estimate of drug-likeness (QED) is 0.812. The Morgan fingerprint density at radius 1 is 1.40 bits per heavy atom. The Morgan fingerprint density at radius 3 is 2.87 bits per heavy atom. The lowest BCUT2D eigenvalue weighted by Gasteiger charge is -2.13. The lowest BCUT2D eigenvalue weighted by molar-refractivity contribution is 0.603. The molecule has 1 aliphatic heterocycles. The largest absolute Gasteiger partial charge is 0.314 e. The van der Waals surface area contributed by atoms with E-state index in [1.54, 1.807) is 0 Å². The number of aryl methyl sites for hydroxylation is 2. The molecule has 15 heavy (non-hydrogen) atoms. The van der Waals surface area contributed by atoms with Crippen LogP contribution >= 0.6 is 11.6 Å². The highest BCUT2D eigenvalue weighted by atomic mass is 35.5. The first-order chi connectivity index (χ1) is 7.16. The summed E-state index contributed by atoms with van der Waals surface area (Å²) in [7, 11) is 0. The molecule has 1 unspecified atom stereocenters. The van der Waals surface area contributed by atoms with Crippen molar-refractivity contribution in [3.05, 3.63) is 33.8 Å². The smallest absolute Gasteiger partial charge is 0.0467 e. The minimum absolute atomic E-state index is 0.628. The van der Waals surface area contributed by atoms with Crippen LogP contribution < -0.4 is 5.32 Å². The van der Waals surface area contributed by atoms with E-state index in [0.29, 0.717) is 6.04 Å².